The van der Waals surface area contributed by atoms with Crippen LogP contribution in [-0.2, 0) is 17.8 Å². The van der Waals surface area contributed by atoms with E-state index in [1.165, 1.54) is 0 Å². The molecule has 0 spiro atoms. The van der Waals surface area contributed by atoms with Crippen molar-refractivity contribution in [1.29, 1.82) is 0 Å². The van der Waals surface area contributed by atoms with Crippen molar-refractivity contribution in [2.45, 2.75) is 32.0 Å². The van der Waals surface area contributed by atoms with Crippen molar-refractivity contribution < 1.29 is 4.79 Å². The summed E-state index contributed by atoms with van der Waals surface area (Å²) in [5.74, 6) is 0.744. The Balaban J connectivity index is 1.66. The van der Waals surface area contributed by atoms with Gasteiger partial charge in [0.05, 0.1) is 23.8 Å². The molecule has 1 amide bonds. The fourth-order valence-corrected chi connectivity index (χ4v) is 3.37. The highest BCUT2D eigenvalue weighted by Gasteiger charge is 2.37. The monoisotopic (exact) mass is 277 g/mol. The highest BCUT2D eigenvalue weighted by molar-refractivity contribution is 5.82. The van der Waals surface area contributed by atoms with Gasteiger partial charge in [0.1, 0.15) is 0 Å². The van der Waals surface area contributed by atoms with E-state index in [-0.39, 0.29) is 11.9 Å². The van der Waals surface area contributed by atoms with Gasteiger partial charge in [0.25, 0.3) is 0 Å². The Morgan fingerprint density at radius 2 is 2.25 bits per heavy atom. The molecule has 0 saturated carbocycles. The van der Waals surface area contributed by atoms with Crippen molar-refractivity contribution in [2.24, 2.45) is 5.92 Å². The Kier molecular flexibility index (Phi) is 3.52. The third kappa shape index (κ3) is 2.33. The van der Waals surface area contributed by atoms with Gasteiger partial charge in [-0.2, -0.15) is 0 Å². The molecule has 3 rings (SSSR count). The lowest BCUT2D eigenvalue weighted by molar-refractivity contribution is -0.132. The van der Waals surface area contributed by atoms with Crippen LogP contribution in [0, 0.1) is 5.92 Å². The molecule has 2 aliphatic rings. The SMILES string of the molecule is CC1CN(C(=O)C2Cc3nc[nH]c3CN2)CC1N(C)C. The zero-order chi connectivity index (χ0) is 14.3. The van der Waals surface area contributed by atoms with E-state index < -0.39 is 0 Å². The van der Waals surface area contributed by atoms with E-state index in [0.29, 0.717) is 24.9 Å². The van der Waals surface area contributed by atoms with Crippen LogP contribution in [0.25, 0.3) is 0 Å². The lowest BCUT2D eigenvalue weighted by atomic mass is 10.0. The first-order chi connectivity index (χ1) is 9.56. The molecule has 0 aromatic carbocycles. The minimum atomic E-state index is -0.126. The van der Waals surface area contributed by atoms with E-state index in [2.05, 4.69) is 41.2 Å². The molecular formula is C14H23N5O. The summed E-state index contributed by atoms with van der Waals surface area (Å²) in [4.78, 5) is 24.3. The quantitative estimate of drug-likeness (QED) is 0.788. The van der Waals surface area contributed by atoms with Crippen LogP contribution in [0.4, 0.5) is 0 Å². The van der Waals surface area contributed by atoms with Crippen LogP contribution in [0.15, 0.2) is 6.33 Å². The molecular weight excluding hydrogens is 254 g/mol. The number of nitrogens with zero attached hydrogens (tertiary/aromatic N) is 3. The van der Waals surface area contributed by atoms with E-state index in [4.69, 9.17) is 0 Å². The predicted molar refractivity (Wildman–Crippen MR) is 76.1 cm³/mol. The molecule has 6 heteroatoms. The second-order valence-electron chi connectivity index (χ2n) is 6.22. The average molecular weight is 277 g/mol. The van der Waals surface area contributed by atoms with Gasteiger partial charge in [0.15, 0.2) is 0 Å². The van der Waals surface area contributed by atoms with Crippen molar-refractivity contribution >= 4 is 5.91 Å². The van der Waals surface area contributed by atoms with Gasteiger partial charge in [-0.15, -0.1) is 0 Å². The third-order valence-electron chi connectivity index (χ3n) is 4.58. The molecule has 3 heterocycles. The molecule has 1 fully saturated rings. The number of imidazole rings is 1. The zero-order valence-electron chi connectivity index (χ0n) is 12.4. The maximum Gasteiger partial charge on any atom is 0.240 e. The van der Waals surface area contributed by atoms with Gasteiger partial charge in [-0.3, -0.25) is 10.1 Å². The predicted octanol–water partition coefficient (Wildman–Crippen LogP) is -0.167. The first-order valence-electron chi connectivity index (χ1n) is 7.26. The minimum absolute atomic E-state index is 0.126. The van der Waals surface area contributed by atoms with E-state index >= 15 is 0 Å². The summed E-state index contributed by atoms with van der Waals surface area (Å²) < 4.78 is 0. The normalized spacial score (nSPS) is 29.8. The van der Waals surface area contributed by atoms with Crippen molar-refractivity contribution in [1.82, 2.24) is 25.1 Å². The Morgan fingerprint density at radius 1 is 1.45 bits per heavy atom. The number of likely N-dealkylation sites (tertiary alicyclic amines) is 1. The van der Waals surface area contributed by atoms with Gasteiger partial charge < -0.3 is 14.8 Å². The lowest BCUT2D eigenvalue weighted by Gasteiger charge is -2.27. The summed E-state index contributed by atoms with van der Waals surface area (Å²) in [7, 11) is 4.17. The summed E-state index contributed by atoms with van der Waals surface area (Å²) in [6.45, 7) is 4.61. The highest BCUT2D eigenvalue weighted by atomic mass is 16.2. The second-order valence-corrected chi connectivity index (χ2v) is 6.22. The molecule has 1 aromatic rings. The van der Waals surface area contributed by atoms with Gasteiger partial charge in [-0.1, -0.05) is 6.92 Å². The summed E-state index contributed by atoms with van der Waals surface area (Å²) in [6.07, 6.45) is 2.40. The average Bonchev–Trinajstić information content (AvgIpc) is 3.02. The van der Waals surface area contributed by atoms with E-state index in [0.717, 1.165) is 24.5 Å². The van der Waals surface area contributed by atoms with E-state index in [9.17, 15) is 4.79 Å². The van der Waals surface area contributed by atoms with Crippen LogP contribution in [0.2, 0.25) is 0 Å². The smallest absolute Gasteiger partial charge is 0.240 e. The Hall–Kier alpha value is -1.40. The van der Waals surface area contributed by atoms with Crippen molar-refractivity contribution in [3.05, 3.63) is 17.7 Å². The standard InChI is InChI=1S/C14H23N5O/c1-9-6-19(7-13(9)18(2)3)14(20)11-4-10-12(5-15-11)17-8-16-10/h8-9,11,13,15H,4-7H2,1-3H3,(H,16,17). The van der Waals surface area contributed by atoms with Crippen LogP contribution in [-0.4, -0.2) is 64.9 Å². The molecule has 3 atom stereocenters. The molecule has 2 N–H and O–H groups in total. The first-order valence-corrected chi connectivity index (χ1v) is 7.26. The fourth-order valence-electron chi connectivity index (χ4n) is 3.37. The number of amides is 1. The Bertz CT molecular complexity index is 498. The van der Waals surface area contributed by atoms with Gasteiger partial charge in [0, 0.05) is 32.1 Å². The number of aromatic amines is 1. The van der Waals surface area contributed by atoms with Crippen LogP contribution >= 0.6 is 0 Å². The van der Waals surface area contributed by atoms with Crippen LogP contribution < -0.4 is 5.32 Å². The van der Waals surface area contributed by atoms with Crippen LogP contribution in [0.5, 0.6) is 0 Å². The number of likely N-dealkylation sites (N-methyl/N-ethyl adjacent to an activating group) is 1. The number of aromatic nitrogens is 2. The number of hydrogen-bond donors (Lipinski definition) is 2. The number of nitrogens with one attached hydrogen (secondary N) is 2. The van der Waals surface area contributed by atoms with Crippen LogP contribution in [0.1, 0.15) is 18.3 Å². The summed E-state index contributed by atoms with van der Waals surface area (Å²) in [6, 6.07) is 0.336. The molecule has 6 nitrogen and oxygen atoms in total. The second kappa shape index (κ2) is 5.18. The number of rotatable bonds is 2. The molecule has 1 saturated heterocycles. The number of H-pyrrole nitrogens is 1. The lowest BCUT2D eigenvalue weighted by Crippen LogP contribution is -2.49. The minimum Gasteiger partial charge on any atom is -0.347 e. The molecule has 3 unspecified atom stereocenters. The molecule has 1 aromatic heterocycles. The first kappa shape index (κ1) is 13.6. The van der Waals surface area contributed by atoms with Crippen molar-refractivity contribution in [3.8, 4) is 0 Å². The third-order valence-corrected chi connectivity index (χ3v) is 4.58. The topological polar surface area (TPSA) is 64.3 Å². The van der Waals surface area contributed by atoms with E-state index in [1.54, 1.807) is 6.33 Å². The number of hydrogen-bond acceptors (Lipinski definition) is 4. The molecule has 20 heavy (non-hydrogen) atoms. The maximum absolute atomic E-state index is 12.7. The van der Waals surface area contributed by atoms with Gasteiger partial charge in [-0.25, -0.2) is 4.98 Å². The maximum atomic E-state index is 12.7. The van der Waals surface area contributed by atoms with Crippen molar-refractivity contribution in [2.75, 3.05) is 27.2 Å². The van der Waals surface area contributed by atoms with Gasteiger partial charge in [-0.05, 0) is 20.0 Å². The number of carbonyl (C=O) groups is 1. The molecule has 2 aliphatic heterocycles. The van der Waals surface area contributed by atoms with Gasteiger partial charge in [0.2, 0.25) is 5.91 Å². The summed E-state index contributed by atoms with van der Waals surface area (Å²) in [5.41, 5.74) is 2.13. The number of fused-ring (bicyclic) bond motifs is 1. The highest BCUT2D eigenvalue weighted by Crippen LogP contribution is 2.22. The molecule has 0 aliphatic carbocycles. The molecule has 0 bridgehead atoms. The largest absolute Gasteiger partial charge is 0.347 e. The number of carbonyl (C=O) groups excluding carboxylic acids is 1. The summed E-state index contributed by atoms with van der Waals surface area (Å²) in [5, 5.41) is 3.32. The van der Waals surface area contributed by atoms with Gasteiger partial charge >= 0.3 is 0 Å². The fraction of sp³-hybridized carbons (Fsp3) is 0.714. The Morgan fingerprint density at radius 3 is 2.95 bits per heavy atom. The zero-order valence-corrected chi connectivity index (χ0v) is 12.4. The van der Waals surface area contributed by atoms with Crippen LogP contribution in [0.3, 0.4) is 0 Å². The molecule has 0 radical (unpaired) electrons. The Labute approximate surface area is 119 Å². The summed E-state index contributed by atoms with van der Waals surface area (Å²) >= 11 is 0. The van der Waals surface area contributed by atoms with E-state index in [1.807, 2.05) is 4.90 Å². The van der Waals surface area contributed by atoms with Crippen molar-refractivity contribution in [3.63, 3.8) is 0 Å². The molecule has 110 valence electrons.